The van der Waals surface area contributed by atoms with Gasteiger partial charge in [0, 0.05) is 6.61 Å². The number of hydrogen-bond donors (Lipinski definition) is 1. The fraction of sp³-hybridized carbons (Fsp3) is 0.615. The normalized spacial score (nSPS) is 18.9. The second-order valence-corrected chi connectivity index (χ2v) is 5.64. The van der Waals surface area contributed by atoms with E-state index in [0.717, 1.165) is 11.1 Å². The van der Waals surface area contributed by atoms with Gasteiger partial charge in [-0.1, -0.05) is 0 Å². The Morgan fingerprint density at radius 3 is 2.85 bits per heavy atom. The van der Waals surface area contributed by atoms with E-state index in [0.29, 0.717) is 18.7 Å². The molecular weight excluding hydrogens is 262 g/mol. The lowest BCUT2D eigenvalue weighted by Gasteiger charge is -2.18. The molecule has 0 saturated carbocycles. The number of amides is 1. The van der Waals surface area contributed by atoms with E-state index in [1.165, 1.54) is 12.4 Å². The predicted octanol–water partition coefficient (Wildman–Crippen LogP) is 1.78. The minimum atomic E-state index is -0.593. The van der Waals surface area contributed by atoms with E-state index in [2.05, 4.69) is 10.4 Å². The van der Waals surface area contributed by atoms with Crippen molar-refractivity contribution < 1.29 is 19.1 Å². The summed E-state index contributed by atoms with van der Waals surface area (Å²) in [7, 11) is 0. The Kier molecular flexibility index (Phi) is 4.08. The number of anilines is 1. The van der Waals surface area contributed by atoms with Gasteiger partial charge in [0.2, 0.25) is 0 Å². The standard InChI is InChI=1S/C13H19N3O4/c1-13(2,3)20-12(18)16-8-9(7-14-16)15-11(17)10-5-4-6-19-10/h7-8,10H,4-6H2,1-3H3,(H,15,17)/t10-/m0/s1. The van der Waals surface area contributed by atoms with Gasteiger partial charge in [-0.15, -0.1) is 0 Å². The van der Waals surface area contributed by atoms with Crippen LogP contribution in [0.25, 0.3) is 0 Å². The Morgan fingerprint density at radius 1 is 1.50 bits per heavy atom. The molecule has 0 spiro atoms. The van der Waals surface area contributed by atoms with Gasteiger partial charge in [-0.05, 0) is 33.6 Å². The molecule has 1 N–H and O–H groups in total. The number of carbonyl (C=O) groups excluding carboxylic acids is 2. The van der Waals surface area contributed by atoms with Gasteiger partial charge >= 0.3 is 6.09 Å². The number of hydrogen-bond acceptors (Lipinski definition) is 5. The van der Waals surface area contributed by atoms with Crippen LogP contribution in [0, 0.1) is 0 Å². The van der Waals surface area contributed by atoms with Crippen molar-refractivity contribution >= 4 is 17.7 Å². The van der Waals surface area contributed by atoms with Crippen molar-refractivity contribution in [2.24, 2.45) is 0 Å². The smallest absolute Gasteiger partial charge is 0.435 e. The van der Waals surface area contributed by atoms with Gasteiger partial charge in [-0.3, -0.25) is 4.79 Å². The van der Waals surface area contributed by atoms with Crippen molar-refractivity contribution in [2.75, 3.05) is 11.9 Å². The molecule has 1 aliphatic rings. The molecular formula is C13H19N3O4. The molecule has 0 aliphatic carbocycles. The lowest BCUT2D eigenvalue weighted by Crippen LogP contribution is -2.27. The van der Waals surface area contributed by atoms with Crippen molar-refractivity contribution in [3.05, 3.63) is 12.4 Å². The summed E-state index contributed by atoms with van der Waals surface area (Å²) in [4.78, 5) is 23.6. The van der Waals surface area contributed by atoms with Crippen molar-refractivity contribution in [3.8, 4) is 0 Å². The first kappa shape index (κ1) is 14.5. The van der Waals surface area contributed by atoms with Gasteiger partial charge in [0.25, 0.3) is 5.91 Å². The summed E-state index contributed by atoms with van der Waals surface area (Å²) >= 11 is 0. The van der Waals surface area contributed by atoms with E-state index in [4.69, 9.17) is 9.47 Å². The molecule has 0 aromatic carbocycles. The molecule has 0 unspecified atom stereocenters. The molecule has 1 aromatic rings. The van der Waals surface area contributed by atoms with E-state index in [1.54, 1.807) is 20.8 Å². The molecule has 0 radical (unpaired) electrons. The minimum Gasteiger partial charge on any atom is -0.442 e. The summed E-state index contributed by atoms with van der Waals surface area (Å²) in [6.07, 6.45) is 3.41. The molecule has 1 saturated heterocycles. The van der Waals surface area contributed by atoms with Crippen LogP contribution in [-0.4, -0.2) is 40.1 Å². The monoisotopic (exact) mass is 281 g/mol. The Morgan fingerprint density at radius 2 is 2.25 bits per heavy atom. The zero-order valence-corrected chi connectivity index (χ0v) is 11.9. The van der Waals surface area contributed by atoms with Crippen molar-refractivity contribution in [2.45, 2.75) is 45.3 Å². The first-order valence-electron chi connectivity index (χ1n) is 6.56. The fourth-order valence-electron chi connectivity index (χ4n) is 1.80. The lowest BCUT2D eigenvalue weighted by atomic mass is 10.2. The zero-order chi connectivity index (χ0) is 14.8. The lowest BCUT2D eigenvalue weighted by molar-refractivity contribution is -0.124. The van der Waals surface area contributed by atoms with Gasteiger partial charge in [0.05, 0.1) is 18.1 Å². The van der Waals surface area contributed by atoms with Crippen molar-refractivity contribution in [1.82, 2.24) is 9.78 Å². The van der Waals surface area contributed by atoms with Crippen LogP contribution in [0.15, 0.2) is 12.4 Å². The summed E-state index contributed by atoms with van der Waals surface area (Å²) < 4.78 is 11.5. The highest BCUT2D eigenvalue weighted by Crippen LogP contribution is 2.15. The Hall–Kier alpha value is -1.89. The number of nitrogens with zero attached hydrogens (tertiary/aromatic N) is 2. The Labute approximate surface area is 117 Å². The fourth-order valence-corrected chi connectivity index (χ4v) is 1.80. The maximum Gasteiger partial charge on any atom is 0.435 e. The van der Waals surface area contributed by atoms with Crippen molar-refractivity contribution in [1.29, 1.82) is 0 Å². The molecule has 1 fully saturated rings. The van der Waals surface area contributed by atoms with Crippen LogP contribution in [-0.2, 0) is 14.3 Å². The van der Waals surface area contributed by atoms with E-state index in [1.807, 2.05) is 0 Å². The summed E-state index contributed by atoms with van der Waals surface area (Å²) in [5, 5.41) is 6.53. The Bertz CT molecular complexity index is 498. The molecule has 1 amide bonds. The molecule has 1 atom stereocenters. The van der Waals surface area contributed by atoms with Gasteiger partial charge < -0.3 is 14.8 Å². The zero-order valence-electron chi connectivity index (χ0n) is 11.9. The van der Waals surface area contributed by atoms with Gasteiger partial charge in [-0.25, -0.2) is 4.79 Å². The summed E-state index contributed by atoms with van der Waals surface area (Å²) in [6, 6.07) is 0. The van der Waals surface area contributed by atoms with Crippen molar-refractivity contribution in [3.63, 3.8) is 0 Å². The third-order valence-electron chi connectivity index (χ3n) is 2.65. The summed E-state index contributed by atoms with van der Waals surface area (Å²) in [5.74, 6) is -0.216. The molecule has 1 aliphatic heterocycles. The molecule has 2 rings (SSSR count). The molecule has 7 nitrogen and oxygen atoms in total. The molecule has 1 aromatic heterocycles. The number of rotatable bonds is 2. The average Bonchev–Trinajstić information content (AvgIpc) is 2.97. The molecule has 110 valence electrons. The first-order valence-corrected chi connectivity index (χ1v) is 6.56. The van der Waals surface area contributed by atoms with Crippen LogP contribution >= 0.6 is 0 Å². The minimum absolute atomic E-state index is 0.216. The molecule has 2 heterocycles. The average molecular weight is 281 g/mol. The Balaban J connectivity index is 1.95. The van der Waals surface area contributed by atoms with Crippen LogP contribution in [0.4, 0.5) is 10.5 Å². The third kappa shape index (κ3) is 3.80. The molecule has 0 bridgehead atoms. The number of nitrogens with one attached hydrogen (secondary N) is 1. The maximum atomic E-state index is 11.8. The predicted molar refractivity (Wildman–Crippen MR) is 71.5 cm³/mol. The van der Waals surface area contributed by atoms with Crippen LogP contribution in [0.3, 0.4) is 0 Å². The quantitative estimate of drug-likeness (QED) is 0.893. The first-order chi connectivity index (χ1) is 9.35. The molecule has 7 heteroatoms. The van der Waals surface area contributed by atoms with E-state index < -0.39 is 17.8 Å². The number of ether oxygens (including phenoxy) is 2. The van der Waals surface area contributed by atoms with E-state index in [-0.39, 0.29) is 5.91 Å². The maximum absolute atomic E-state index is 11.8. The second kappa shape index (κ2) is 5.62. The summed E-state index contributed by atoms with van der Waals surface area (Å²) in [5.41, 5.74) is -0.152. The number of aromatic nitrogens is 2. The highest BCUT2D eigenvalue weighted by molar-refractivity contribution is 5.94. The summed E-state index contributed by atoms with van der Waals surface area (Å²) in [6.45, 7) is 5.92. The highest BCUT2D eigenvalue weighted by atomic mass is 16.6. The highest BCUT2D eigenvalue weighted by Gasteiger charge is 2.24. The van der Waals surface area contributed by atoms with E-state index >= 15 is 0 Å². The van der Waals surface area contributed by atoms with E-state index in [9.17, 15) is 9.59 Å². The number of carbonyl (C=O) groups is 2. The van der Waals surface area contributed by atoms with Crippen LogP contribution in [0.2, 0.25) is 0 Å². The molecule has 20 heavy (non-hydrogen) atoms. The largest absolute Gasteiger partial charge is 0.442 e. The van der Waals surface area contributed by atoms with Gasteiger partial charge in [0.15, 0.2) is 0 Å². The second-order valence-electron chi connectivity index (χ2n) is 5.64. The van der Waals surface area contributed by atoms with Crippen LogP contribution in [0.5, 0.6) is 0 Å². The van der Waals surface area contributed by atoms with Crippen LogP contribution < -0.4 is 5.32 Å². The van der Waals surface area contributed by atoms with Crippen LogP contribution in [0.1, 0.15) is 33.6 Å². The SMILES string of the molecule is CC(C)(C)OC(=O)n1cc(NC(=O)[C@@H]2CCCO2)cn1. The topological polar surface area (TPSA) is 82.5 Å². The van der Waals surface area contributed by atoms with Gasteiger partial charge in [-0.2, -0.15) is 9.78 Å². The van der Waals surface area contributed by atoms with Gasteiger partial charge in [0.1, 0.15) is 11.7 Å². The third-order valence-corrected chi connectivity index (χ3v) is 2.65.